The molecule has 0 aromatic heterocycles. The molecule has 26 heavy (non-hydrogen) atoms. The van der Waals surface area contributed by atoms with Crippen molar-refractivity contribution in [2.45, 2.75) is 6.42 Å². The topological polar surface area (TPSA) is 75.4 Å². The van der Waals surface area contributed by atoms with E-state index in [9.17, 15) is 9.59 Å². The van der Waals surface area contributed by atoms with Gasteiger partial charge in [0.2, 0.25) is 0 Å². The number of amides is 2. The first-order chi connectivity index (χ1) is 12.5. The molecule has 2 amide bonds. The second kappa shape index (κ2) is 8.08. The predicted molar refractivity (Wildman–Crippen MR) is 104 cm³/mol. The van der Waals surface area contributed by atoms with E-state index in [1.165, 1.54) is 0 Å². The van der Waals surface area contributed by atoms with E-state index in [1.807, 2.05) is 4.90 Å². The molecule has 136 valence electrons. The van der Waals surface area contributed by atoms with Gasteiger partial charge in [0.15, 0.2) is 0 Å². The molecule has 3 rings (SSSR count). The zero-order valence-electron chi connectivity index (χ0n) is 14.0. The van der Waals surface area contributed by atoms with Gasteiger partial charge in [-0.15, -0.1) is 0 Å². The normalized spacial score (nSPS) is 16.6. The fourth-order valence-corrected chi connectivity index (χ4v) is 3.50. The summed E-state index contributed by atoms with van der Waals surface area (Å²) in [6, 6.07) is 11.5. The minimum atomic E-state index is -0.321. The van der Waals surface area contributed by atoms with E-state index in [0.29, 0.717) is 45.9 Å². The van der Waals surface area contributed by atoms with Crippen molar-refractivity contribution in [1.29, 1.82) is 0 Å². The molecule has 3 N–H and O–H groups in total. The lowest BCUT2D eigenvalue weighted by Crippen LogP contribution is -2.29. The van der Waals surface area contributed by atoms with Gasteiger partial charge in [-0.1, -0.05) is 23.2 Å². The van der Waals surface area contributed by atoms with Crippen LogP contribution in [-0.2, 0) is 0 Å². The van der Waals surface area contributed by atoms with Crippen LogP contribution in [0.5, 0.6) is 0 Å². The Morgan fingerprint density at radius 2 is 1.73 bits per heavy atom. The van der Waals surface area contributed by atoms with Gasteiger partial charge in [0.1, 0.15) is 0 Å². The summed E-state index contributed by atoms with van der Waals surface area (Å²) in [4.78, 5) is 26.6. The van der Waals surface area contributed by atoms with Crippen LogP contribution in [0.25, 0.3) is 0 Å². The fraction of sp³-hybridized carbons (Fsp3) is 0.263. The Bertz CT molecular complexity index is 804. The summed E-state index contributed by atoms with van der Waals surface area (Å²) in [5.41, 5.74) is 7.22. The zero-order chi connectivity index (χ0) is 18.7. The van der Waals surface area contributed by atoms with E-state index in [-0.39, 0.29) is 11.8 Å². The van der Waals surface area contributed by atoms with Crippen molar-refractivity contribution < 1.29 is 9.59 Å². The maximum absolute atomic E-state index is 12.5. The van der Waals surface area contributed by atoms with E-state index in [4.69, 9.17) is 28.9 Å². The zero-order valence-corrected chi connectivity index (χ0v) is 15.6. The fourth-order valence-electron chi connectivity index (χ4n) is 2.98. The number of rotatable bonds is 4. The van der Waals surface area contributed by atoms with Crippen LogP contribution < -0.4 is 11.1 Å². The lowest BCUT2D eigenvalue weighted by Gasteiger charge is -2.16. The van der Waals surface area contributed by atoms with Crippen LogP contribution >= 0.6 is 23.2 Å². The maximum atomic E-state index is 12.5. The molecule has 1 aliphatic heterocycles. The van der Waals surface area contributed by atoms with Crippen LogP contribution in [0.4, 0.5) is 5.69 Å². The number of benzene rings is 2. The third-order valence-electron chi connectivity index (χ3n) is 4.42. The lowest BCUT2D eigenvalue weighted by molar-refractivity contribution is 0.0787. The van der Waals surface area contributed by atoms with Crippen LogP contribution in [0.1, 0.15) is 27.1 Å². The van der Waals surface area contributed by atoms with Gasteiger partial charge in [-0.3, -0.25) is 9.59 Å². The minimum absolute atomic E-state index is 0.0135. The Kier molecular flexibility index (Phi) is 5.81. The number of anilines is 1. The highest BCUT2D eigenvalue weighted by atomic mass is 35.5. The van der Waals surface area contributed by atoms with Crippen LogP contribution in [0.3, 0.4) is 0 Å². The molecule has 1 heterocycles. The van der Waals surface area contributed by atoms with Gasteiger partial charge in [-0.2, -0.15) is 0 Å². The Labute approximate surface area is 162 Å². The number of nitrogens with two attached hydrogens (primary N) is 1. The number of hydrogen-bond donors (Lipinski definition) is 2. The smallest absolute Gasteiger partial charge is 0.255 e. The number of nitrogens with zero attached hydrogens (tertiary/aromatic N) is 1. The van der Waals surface area contributed by atoms with Crippen molar-refractivity contribution in [1.82, 2.24) is 4.90 Å². The molecular formula is C19H19Cl2N3O2. The molecule has 7 heteroatoms. The molecule has 0 saturated carbocycles. The van der Waals surface area contributed by atoms with Crippen molar-refractivity contribution in [3.63, 3.8) is 0 Å². The van der Waals surface area contributed by atoms with Crippen molar-refractivity contribution in [3.05, 3.63) is 63.6 Å². The van der Waals surface area contributed by atoms with Gasteiger partial charge in [0, 0.05) is 39.9 Å². The van der Waals surface area contributed by atoms with Crippen molar-refractivity contribution in [2.75, 3.05) is 25.0 Å². The average Bonchev–Trinajstić information content (AvgIpc) is 3.10. The lowest BCUT2D eigenvalue weighted by atomic mass is 10.1. The minimum Gasteiger partial charge on any atom is -0.338 e. The summed E-state index contributed by atoms with van der Waals surface area (Å²) in [7, 11) is 0. The van der Waals surface area contributed by atoms with Gasteiger partial charge >= 0.3 is 0 Å². The molecule has 2 aromatic rings. The first-order valence-electron chi connectivity index (χ1n) is 8.33. The summed E-state index contributed by atoms with van der Waals surface area (Å²) < 4.78 is 0. The molecule has 2 aromatic carbocycles. The van der Waals surface area contributed by atoms with E-state index < -0.39 is 0 Å². The van der Waals surface area contributed by atoms with E-state index in [1.54, 1.807) is 42.5 Å². The number of carbonyl (C=O) groups is 2. The van der Waals surface area contributed by atoms with Crippen molar-refractivity contribution in [2.24, 2.45) is 11.7 Å². The second-order valence-corrected chi connectivity index (χ2v) is 7.20. The Hall–Kier alpha value is -2.08. The van der Waals surface area contributed by atoms with Crippen LogP contribution in [-0.4, -0.2) is 36.3 Å². The molecule has 1 saturated heterocycles. The Balaban J connectivity index is 1.66. The molecule has 0 bridgehead atoms. The van der Waals surface area contributed by atoms with E-state index in [0.717, 1.165) is 13.0 Å². The monoisotopic (exact) mass is 391 g/mol. The third kappa shape index (κ3) is 4.36. The Morgan fingerprint density at radius 3 is 2.31 bits per heavy atom. The number of likely N-dealkylation sites (tertiary alicyclic amines) is 1. The SMILES string of the molecule is NCC1CCN(C(=O)c2ccc(NC(=O)c3cc(Cl)cc(Cl)c3)cc2)C1. The quantitative estimate of drug-likeness (QED) is 0.834. The van der Waals surface area contributed by atoms with Gasteiger partial charge < -0.3 is 16.0 Å². The van der Waals surface area contributed by atoms with Gasteiger partial charge in [-0.25, -0.2) is 0 Å². The van der Waals surface area contributed by atoms with Crippen molar-refractivity contribution in [3.8, 4) is 0 Å². The summed E-state index contributed by atoms with van der Waals surface area (Å²) in [5.74, 6) is 0.0429. The highest BCUT2D eigenvalue weighted by Crippen LogP contribution is 2.21. The molecule has 1 atom stereocenters. The van der Waals surface area contributed by atoms with E-state index >= 15 is 0 Å². The molecule has 1 fully saturated rings. The summed E-state index contributed by atoms with van der Waals surface area (Å²) in [6.07, 6.45) is 0.943. The molecule has 1 unspecified atom stereocenters. The maximum Gasteiger partial charge on any atom is 0.255 e. The first-order valence-corrected chi connectivity index (χ1v) is 9.08. The molecule has 5 nitrogen and oxygen atoms in total. The number of hydrogen-bond acceptors (Lipinski definition) is 3. The van der Waals surface area contributed by atoms with Gasteiger partial charge in [0.05, 0.1) is 0 Å². The largest absolute Gasteiger partial charge is 0.338 e. The van der Waals surface area contributed by atoms with Crippen LogP contribution in [0.15, 0.2) is 42.5 Å². The molecule has 0 spiro atoms. The Morgan fingerprint density at radius 1 is 1.08 bits per heavy atom. The molecular weight excluding hydrogens is 373 g/mol. The third-order valence-corrected chi connectivity index (χ3v) is 4.86. The summed E-state index contributed by atoms with van der Waals surface area (Å²) in [6.45, 7) is 2.03. The van der Waals surface area contributed by atoms with Crippen molar-refractivity contribution >= 4 is 40.7 Å². The van der Waals surface area contributed by atoms with E-state index in [2.05, 4.69) is 5.32 Å². The average molecular weight is 392 g/mol. The van der Waals surface area contributed by atoms with Crippen LogP contribution in [0.2, 0.25) is 10.0 Å². The van der Waals surface area contributed by atoms with Gasteiger partial charge in [-0.05, 0) is 61.3 Å². The number of nitrogens with one attached hydrogen (secondary N) is 1. The van der Waals surface area contributed by atoms with Crippen LogP contribution in [0, 0.1) is 5.92 Å². The second-order valence-electron chi connectivity index (χ2n) is 6.33. The number of halogens is 2. The standard InChI is InChI=1S/C19H19Cl2N3O2/c20-15-7-14(8-16(21)9-15)18(25)23-17-3-1-13(2-4-17)19(26)24-6-5-12(10-22)11-24/h1-4,7-9,12H,5-6,10-11,22H2,(H,23,25). The van der Waals surface area contributed by atoms with Gasteiger partial charge in [0.25, 0.3) is 11.8 Å². The highest BCUT2D eigenvalue weighted by molar-refractivity contribution is 6.35. The highest BCUT2D eigenvalue weighted by Gasteiger charge is 2.25. The molecule has 0 aliphatic carbocycles. The number of carbonyl (C=O) groups excluding carboxylic acids is 2. The molecule has 1 aliphatic rings. The predicted octanol–water partition coefficient (Wildman–Crippen LogP) is 3.67. The summed E-state index contributed by atoms with van der Waals surface area (Å²) >= 11 is 11.8. The molecule has 0 radical (unpaired) electrons. The summed E-state index contributed by atoms with van der Waals surface area (Å²) in [5, 5.41) is 3.55. The first kappa shape index (κ1) is 18.7.